The minimum atomic E-state index is -4.02. The highest BCUT2D eigenvalue weighted by Gasteiger charge is 2.31. The number of halogens is 3. The summed E-state index contributed by atoms with van der Waals surface area (Å²) in [5, 5.41) is 11.9. The van der Waals surface area contributed by atoms with Gasteiger partial charge in [0.2, 0.25) is 11.2 Å². The van der Waals surface area contributed by atoms with Crippen molar-refractivity contribution in [3.8, 4) is 33.8 Å². The van der Waals surface area contributed by atoms with Crippen molar-refractivity contribution in [1.82, 2.24) is 39.5 Å². The number of likely N-dealkylation sites (N-methyl/N-ethyl adjacent to an activating group) is 2. The van der Waals surface area contributed by atoms with Crippen molar-refractivity contribution in [3.63, 3.8) is 0 Å². The molecule has 9 aromatic rings. The topological polar surface area (TPSA) is 240 Å². The molecule has 4 aliphatic heterocycles. The number of nitrogens with zero attached hydrogens (tertiary/aromatic N) is 10. The number of nitrogen functional groups attached to an aromatic ring is 1. The van der Waals surface area contributed by atoms with E-state index in [4.69, 9.17) is 36.3 Å². The summed E-state index contributed by atoms with van der Waals surface area (Å²) in [6.45, 7) is 31.3. The Kier molecular flexibility index (Phi) is 31.2. The second-order valence-electron chi connectivity index (χ2n) is 29.3. The van der Waals surface area contributed by atoms with Crippen molar-refractivity contribution in [2.75, 3.05) is 165 Å². The summed E-state index contributed by atoms with van der Waals surface area (Å²) in [7, 11) is -1.40. The first kappa shape index (κ1) is 87.5. The number of aromatic nitrogens is 4. The van der Waals surface area contributed by atoms with Crippen molar-refractivity contribution in [2.24, 2.45) is 0 Å². The molecule has 7 aromatic carbocycles. The predicted molar refractivity (Wildman–Crippen MR) is 471 cm³/mol. The molecule has 0 unspecified atom stereocenters. The Morgan fingerprint density at radius 1 is 0.550 bits per heavy atom. The summed E-state index contributed by atoms with van der Waals surface area (Å²) >= 11 is 13.0. The molecule has 0 aliphatic carbocycles. The van der Waals surface area contributed by atoms with Gasteiger partial charge in [-0.1, -0.05) is 112 Å². The van der Waals surface area contributed by atoms with Gasteiger partial charge in [-0.25, -0.2) is 9.97 Å². The molecule has 0 amide bonds. The van der Waals surface area contributed by atoms with Crippen LogP contribution in [0.3, 0.4) is 0 Å². The number of methoxy groups -OCH3 is 2. The highest BCUT2D eigenvalue weighted by molar-refractivity contribution is 9.11. The lowest BCUT2D eigenvalue weighted by molar-refractivity contribution is 0.0982. The van der Waals surface area contributed by atoms with Gasteiger partial charge in [-0.05, 0) is 224 Å². The van der Waals surface area contributed by atoms with Gasteiger partial charge in [-0.15, -0.1) is 0 Å². The first-order valence-corrected chi connectivity index (χ1v) is 46.1. The number of hydrogen-bond donors (Lipinski definition) is 5. The van der Waals surface area contributed by atoms with Crippen LogP contribution in [0.4, 0.5) is 51.7 Å². The van der Waals surface area contributed by atoms with Gasteiger partial charge in [0.25, 0.3) is 10.1 Å². The Bertz CT molecular complexity index is 4820. The van der Waals surface area contributed by atoms with E-state index in [9.17, 15) is 17.5 Å². The molecule has 0 bridgehead atoms. The van der Waals surface area contributed by atoms with Crippen LogP contribution < -0.4 is 51.6 Å². The molecule has 0 spiro atoms. The fourth-order valence-electron chi connectivity index (χ4n) is 15.0. The van der Waals surface area contributed by atoms with Crippen molar-refractivity contribution >= 4 is 130 Å². The van der Waals surface area contributed by atoms with Crippen LogP contribution >= 0.6 is 57.7 Å². The molecule has 21 nitrogen and oxygen atoms in total. The lowest BCUT2D eigenvalue weighted by Crippen LogP contribution is -2.52. The van der Waals surface area contributed by atoms with E-state index < -0.39 is 24.4 Å². The van der Waals surface area contributed by atoms with Gasteiger partial charge in [0.15, 0.2) is 0 Å². The third kappa shape index (κ3) is 23.0. The van der Waals surface area contributed by atoms with E-state index in [1.165, 1.54) is 99.6 Å². The van der Waals surface area contributed by atoms with E-state index >= 15 is 0 Å². The van der Waals surface area contributed by atoms with Gasteiger partial charge in [0.05, 0.1) is 50.8 Å². The average molecular weight is 1720 g/mol. The molecule has 0 saturated carbocycles. The normalized spacial score (nSPS) is 15.7. The molecule has 4 fully saturated rings. The number of aryl methyl sites for hydroxylation is 3. The minimum Gasteiger partial charge on any atom is -0.495 e. The molecule has 6 N–H and O–H groups in total. The van der Waals surface area contributed by atoms with Crippen molar-refractivity contribution in [2.45, 2.75) is 97.5 Å². The van der Waals surface area contributed by atoms with Gasteiger partial charge < -0.3 is 59.9 Å². The van der Waals surface area contributed by atoms with Crippen LogP contribution in [-0.2, 0) is 32.1 Å². The molecule has 2 aromatic heterocycles. The van der Waals surface area contributed by atoms with Gasteiger partial charge in [-0.3, -0.25) is 14.4 Å². The molecule has 0 radical (unpaired) electrons. The lowest BCUT2D eigenvalue weighted by atomic mass is 9.99. The summed E-state index contributed by atoms with van der Waals surface area (Å²) in [5.41, 5.74) is 21.6. The van der Waals surface area contributed by atoms with Crippen LogP contribution in [0.5, 0.6) is 11.5 Å². The maximum atomic E-state index is 13.7. The number of nitrogens with two attached hydrogens (primary N) is 1. The maximum absolute atomic E-state index is 13.7. The number of benzene rings is 7. The third-order valence-electron chi connectivity index (χ3n) is 21.0. The molecule has 27 heteroatoms. The van der Waals surface area contributed by atoms with Gasteiger partial charge in [0.1, 0.15) is 37.4 Å². The van der Waals surface area contributed by atoms with Crippen LogP contribution in [0.2, 0.25) is 5.28 Å². The first-order chi connectivity index (χ1) is 52.4. The zero-order valence-corrected chi connectivity index (χ0v) is 72.2. The molecule has 13 rings (SSSR count). The molecular weight excluding hydrogens is 1610 g/mol. The molecule has 111 heavy (non-hydrogen) atoms. The number of ether oxygens (including phenoxy) is 2. The van der Waals surface area contributed by atoms with Crippen molar-refractivity contribution in [3.05, 3.63) is 188 Å². The summed E-state index contributed by atoms with van der Waals surface area (Å²) in [6, 6.07) is 44.3. The van der Waals surface area contributed by atoms with Gasteiger partial charge in [0, 0.05) is 137 Å². The largest absolute Gasteiger partial charge is 0.495 e. The monoisotopic (exact) mass is 1710 g/mol. The van der Waals surface area contributed by atoms with E-state index in [0.29, 0.717) is 32.6 Å². The Morgan fingerprint density at radius 2 is 0.964 bits per heavy atom. The number of nitrogens with one attached hydrogen (secondary N) is 3. The number of rotatable bonds is 19. The maximum Gasteiger partial charge on any atom is 0.294 e. The molecule has 6 heterocycles. The first-order valence-electron chi connectivity index (χ1n) is 37.5. The summed E-state index contributed by atoms with van der Waals surface area (Å²) in [4.78, 5) is 32.8. The second-order valence-corrected chi connectivity index (χ2v) is 39.1. The van der Waals surface area contributed by atoms with Crippen LogP contribution in [0, 0.1) is 20.8 Å². The Balaban J connectivity index is 0.000000191. The fraction of sp³-hybridized carbons (Fsp3) is 0.405. The molecule has 596 valence electrons. The summed E-state index contributed by atoms with van der Waals surface area (Å²) in [5.74, 6) is 3.09. The Hall–Kier alpha value is -7.44. The molecule has 4 aliphatic rings. The van der Waals surface area contributed by atoms with Gasteiger partial charge in [-0.2, -0.15) is 18.4 Å². The highest BCUT2D eigenvalue weighted by Crippen LogP contribution is 2.46. The zero-order chi connectivity index (χ0) is 79.2. The second kappa shape index (κ2) is 39.5. The SMILES string of the molecule is C.CCc1cc(N)c(OC)cc1N1CCC(N2CCN(C)CC2)CC1.CCc1cc(Nc2ncc(Br)c(Nc3ccc(-c4ccccc4)c(C)c3P(C)(C)=O)n2)c(OC)cc1N1CCC(N2CCN(C)CC2)CC1.Cc1c(-c2ccccc2)ccc(Nc2nc(Cl)ncc2Br)c1P(C)(C)=O.Cc1ccc(S(=O)(=O)O)cc1. The van der Waals surface area contributed by atoms with E-state index in [-0.39, 0.29) is 17.6 Å². The highest BCUT2D eigenvalue weighted by atomic mass is 79.9. The van der Waals surface area contributed by atoms with Gasteiger partial charge >= 0.3 is 0 Å². The molecule has 0 atom stereocenters. The number of anilines is 9. The summed E-state index contributed by atoms with van der Waals surface area (Å²) < 4.78 is 69.0. The van der Waals surface area contributed by atoms with Crippen LogP contribution in [-0.4, -0.2) is 198 Å². The minimum absolute atomic E-state index is 0. The van der Waals surface area contributed by atoms with Crippen LogP contribution in [0.1, 0.15) is 74.8 Å². The fourth-order valence-corrected chi connectivity index (χ4v) is 19.5. The number of piperazine rings is 2. The Labute approximate surface area is 680 Å². The van der Waals surface area contributed by atoms with E-state index in [0.717, 1.165) is 142 Å². The van der Waals surface area contributed by atoms with E-state index in [1.807, 2.05) is 88.7 Å². The van der Waals surface area contributed by atoms with E-state index in [2.05, 4.69) is 175 Å². The number of piperidine rings is 2. The van der Waals surface area contributed by atoms with Crippen molar-refractivity contribution < 1.29 is 31.6 Å². The zero-order valence-electron chi connectivity index (χ0n) is 65.6. The predicted octanol–water partition coefficient (Wildman–Crippen LogP) is 17.5. The summed E-state index contributed by atoms with van der Waals surface area (Å²) in [6.07, 6.45) is 10.1. The van der Waals surface area contributed by atoms with E-state index in [1.54, 1.807) is 52.1 Å². The van der Waals surface area contributed by atoms with Crippen LogP contribution in [0.15, 0.2) is 160 Å². The molecule has 4 saturated heterocycles. The number of hydrogen-bond acceptors (Lipinski definition) is 20. The molecular formula is C84H111Br2ClN14O7P2S. The van der Waals surface area contributed by atoms with Crippen molar-refractivity contribution in [1.29, 1.82) is 0 Å². The Morgan fingerprint density at radius 3 is 1.38 bits per heavy atom. The quantitative estimate of drug-likeness (QED) is 0.0219. The third-order valence-corrected chi connectivity index (χ3v) is 26.5. The standard InChI is InChI=1S/C38H49BrN7O2P.C19H18BrClN3OP.C19H32N4O.C7H8O3S.CH4/c1-7-27-23-33(35(48-4)24-34(27)46-17-15-29(16-18-46)45-21-19-44(3)20-22-45)42-38-40-25-31(39)37(43-38)41-32-14-13-30(28-11-9-8-10-12-28)26(2)36(32)49(5,6)47;1-12-14(13-7-5-4-6-8-13)9-10-16(17(12)26(2,3)25)23-18-15(20)11-22-19(21)24-18;1-4-15-13-17(20)19(24-3)14-18(15)23-7-5-16(6-8-23)22-11-9-21(2)10-12-22;1-6-2-4-7(5-3-6)11(8,9)10;/h8-14,23-25,29H,7,15-22H2,1-6H3,(H2,40,41,42,43);4-11H,1-3H3,(H,22,23,24);13-14,16H,4-12,20H2,1-3H3;2-5H,1H3,(H,8,9,10);1H4. The lowest BCUT2D eigenvalue weighted by Gasteiger charge is -2.43. The smallest absolute Gasteiger partial charge is 0.294 e. The van der Waals surface area contributed by atoms with Crippen LogP contribution in [0.25, 0.3) is 22.3 Å². The average Bonchev–Trinajstić information content (AvgIpc) is 0.782.